The second kappa shape index (κ2) is 8.88. The van der Waals surface area contributed by atoms with E-state index in [2.05, 4.69) is 10.6 Å². The van der Waals surface area contributed by atoms with E-state index in [9.17, 15) is 4.79 Å². The summed E-state index contributed by atoms with van der Waals surface area (Å²) in [6, 6.07) is 23.8. The first-order valence-corrected chi connectivity index (χ1v) is 11.6. The second-order valence-electron chi connectivity index (χ2n) is 7.86. The molecule has 0 aliphatic rings. The SMILES string of the molecule is COc1ccc(Cn2c3cc(-c4c(Cl)cccc4Cl)c[c]c3c3c(C(N)=O)cccc32)cc1Cl. The lowest BCUT2D eigenvalue weighted by atomic mass is 10.0. The summed E-state index contributed by atoms with van der Waals surface area (Å²) in [6.07, 6.45) is 0. The van der Waals surface area contributed by atoms with Gasteiger partial charge in [-0.05, 0) is 65.7 Å². The molecule has 5 aromatic rings. The van der Waals surface area contributed by atoms with Gasteiger partial charge < -0.3 is 15.0 Å². The van der Waals surface area contributed by atoms with E-state index >= 15 is 0 Å². The largest absolute Gasteiger partial charge is 0.495 e. The fourth-order valence-electron chi connectivity index (χ4n) is 4.34. The molecule has 0 aliphatic carbocycles. The maximum Gasteiger partial charge on any atom is 0.249 e. The molecule has 0 saturated carbocycles. The van der Waals surface area contributed by atoms with Gasteiger partial charge in [-0.1, -0.05) is 53.0 Å². The maximum absolute atomic E-state index is 12.3. The van der Waals surface area contributed by atoms with Crippen LogP contribution in [0.2, 0.25) is 15.1 Å². The minimum Gasteiger partial charge on any atom is -0.495 e. The molecule has 2 N–H and O–H groups in total. The number of hydrogen-bond donors (Lipinski definition) is 1. The molecule has 0 unspecified atom stereocenters. The zero-order valence-corrected chi connectivity index (χ0v) is 20.3. The minimum atomic E-state index is -0.497. The lowest BCUT2D eigenvalue weighted by molar-refractivity contribution is 0.100. The molecule has 1 radical (unpaired) electrons. The van der Waals surface area contributed by atoms with Gasteiger partial charge in [-0.25, -0.2) is 0 Å². The van der Waals surface area contributed by atoms with Gasteiger partial charge in [-0.3, -0.25) is 4.79 Å². The van der Waals surface area contributed by atoms with Gasteiger partial charge in [0.1, 0.15) is 5.75 Å². The molecule has 0 bridgehead atoms. The molecule has 0 saturated heterocycles. The highest BCUT2D eigenvalue weighted by molar-refractivity contribution is 6.39. The van der Waals surface area contributed by atoms with Gasteiger partial charge in [0.05, 0.1) is 23.2 Å². The summed E-state index contributed by atoms with van der Waals surface area (Å²) >= 11 is 19.3. The van der Waals surface area contributed by atoms with Crippen molar-refractivity contribution in [1.29, 1.82) is 0 Å². The van der Waals surface area contributed by atoms with Gasteiger partial charge in [0.25, 0.3) is 0 Å². The standard InChI is InChI=1S/C27H18Cl3N2O2/c1-34-24-11-8-15(12-21(24)30)14-32-22-7-2-4-18(27(31)33)26(22)17-10-9-16(13-23(17)32)25-19(28)5-3-6-20(25)29/h2-9,11-13H,14H2,1H3,(H2,31,33). The molecule has 1 aromatic heterocycles. The monoisotopic (exact) mass is 507 g/mol. The predicted octanol–water partition coefficient (Wildman–Crippen LogP) is 7.38. The van der Waals surface area contributed by atoms with Crippen molar-refractivity contribution in [1.82, 2.24) is 4.57 Å². The Hall–Kier alpha value is -3.18. The van der Waals surface area contributed by atoms with E-state index < -0.39 is 5.91 Å². The first-order chi connectivity index (χ1) is 16.4. The van der Waals surface area contributed by atoms with Crippen molar-refractivity contribution in [2.24, 2.45) is 5.73 Å². The molecule has 0 fully saturated rings. The number of fused-ring (bicyclic) bond motifs is 3. The molecule has 4 nitrogen and oxygen atoms in total. The molecule has 34 heavy (non-hydrogen) atoms. The number of amides is 1. The highest BCUT2D eigenvalue weighted by Gasteiger charge is 2.19. The van der Waals surface area contributed by atoms with Crippen LogP contribution in [0.15, 0.2) is 66.7 Å². The molecule has 1 amide bonds. The van der Waals surface area contributed by atoms with Crippen molar-refractivity contribution in [3.8, 4) is 16.9 Å². The van der Waals surface area contributed by atoms with Gasteiger partial charge in [0.2, 0.25) is 5.91 Å². The van der Waals surface area contributed by atoms with Gasteiger partial charge in [-0.2, -0.15) is 0 Å². The fraction of sp³-hybridized carbons (Fsp3) is 0.0741. The Morgan fingerprint density at radius 1 is 0.971 bits per heavy atom. The summed E-state index contributed by atoms with van der Waals surface area (Å²) in [4.78, 5) is 12.3. The molecular weight excluding hydrogens is 491 g/mol. The number of benzene rings is 4. The normalized spacial score (nSPS) is 11.3. The van der Waals surface area contributed by atoms with Gasteiger partial charge >= 0.3 is 0 Å². The Morgan fingerprint density at radius 2 is 1.71 bits per heavy atom. The summed E-state index contributed by atoms with van der Waals surface area (Å²) in [5.41, 5.74) is 10.4. The highest BCUT2D eigenvalue weighted by Crippen LogP contribution is 2.39. The second-order valence-corrected chi connectivity index (χ2v) is 9.09. The Kier molecular flexibility index (Phi) is 5.90. The molecule has 5 rings (SSSR count). The van der Waals surface area contributed by atoms with Crippen LogP contribution in [-0.4, -0.2) is 17.6 Å². The zero-order valence-electron chi connectivity index (χ0n) is 18.0. The van der Waals surface area contributed by atoms with E-state index in [-0.39, 0.29) is 0 Å². The van der Waals surface area contributed by atoms with Crippen LogP contribution in [0.3, 0.4) is 0 Å². The zero-order chi connectivity index (χ0) is 24.0. The minimum absolute atomic E-state index is 0.439. The Balaban J connectivity index is 1.80. The number of ether oxygens (including phenoxy) is 1. The van der Waals surface area contributed by atoms with E-state index in [1.165, 1.54) is 0 Å². The Labute approximate surface area is 211 Å². The molecule has 0 spiro atoms. The molecule has 0 aliphatic heterocycles. The lowest BCUT2D eigenvalue weighted by Crippen LogP contribution is -2.11. The van der Waals surface area contributed by atoms with Crippen LogP contribution in [0.1, 0.15) is 15.9 Å². The highest BCUT2D eigenvalue weighted by atomic mass is 35.5. The van der Waals surface area contributed by atoms with Crippen molar-refractivity contribution in [3.05, 3.63) is 99.0 Å². The lowest BCUT2D eigenvalue weighted by Gasteiger charge is -2.12. The maximum atomic E-state index is 12.3. The topological polar surface area (TPSA) is 57.2 Å². The molecule has 4 aromatic carbocycles. The van der Waals surface area contributed by atoms with Crippen LogP contribution in [0, 0.1) is 6.07 Å². The van der Waals surface area contributed by atoms with Crippen molar-refractivity contribution in [2.45, 2.75) is 6.54 Å². The summed E-state index contributed by atoms with van der Waals surface area (Å²) in [7, 11) is 1.58. The van der Waals surface area contributed by atoms with E-state index in [1.807, 2.05) is 42.5 Å². The molecule has 1 heterocycles. The average molecular weight is 509 g/mol. The number of carbonyl (C=O) groups excluding carboxylic acids is 1. The quantitative estimate of drug-likeness (QED) is 0.269. The third-order valence-electron chi connectivity index (χ3n) is 5.87. The summed E-state index contributed by atoms with van der Waals surface area (Å²) < 4.78 is 7.40. The third kappa shape index (κ3) is 3.78. The van der Waals surface area contributed by atoms with E-state index in [0.717, 1.165) is 38.5 Å². The third-order valence-corrected chi connectivity index (χ3v) is 6.79. The number of methoxy groups -OCH3 is 1. The molecular formula is C27H18Cl3N2O2. The molecule has 0 atom stereocenters. The van der Waals surface area contributed by atoms with Crippen LogP contribution in [-0.2, 0) is 6.54 Å². The van der Waals surface area contributed by atoms with Crippen LogP contribution < -0.4 is 10.5 Å². The number of nitrogens with two attached hydrogens (primary N) is 1. The number of aromatic nitrogens is 1. The number of primary amides is 1. The fourth-order valence-corrected chi connectivity index (χ4v) is 5.24. The summed E-state index contributed by atoms with van der Waals surface area (Å²) in [6.45, 7) is 0.499. The van der Waals surface area contributed by atoms with Crippen molar-refractivity contribution >= 4 is 62.5 Å². The number of carbonyl (C=O) groups is 1. The Morgan fingerprint density at radius 3 is 2.38 bits per heavy atom. The van der Waals surface area contributed by atoms with Crippen molar-refractivity contribution in [3.63, 3.8) is 0 Å². The number of nitrogens with zero attached hydrogens (tertiary/aromatic N) is 1. The summed E-state index contributed by atoms with van der Waals surface area (Å²) in [5.74, 6) is 0.108. The first kappa shape index (κ1) is 22.6. The van der Waals surface area contributed by atoms with Crippen LogP contribution in [0.25, 0.3) is 32.9 Å². The average Bonchev–Trinajstić information content (AvgIpc) is 3.12. The number of halogens is 3. The molecule has 169 valence electrons. The summed E-state index contributed by atoms with van der Waals surface area (Å²) in [5, 5.41) is 3.15. The smallest absolute Gasteiger partial charge is 0.249 e. The van der Waals surface area contributed by atoms with Gasteiger partial charge in [0.15, 0.2) is 0 Å². The number of rotatable bonds is 5. The van der Waals surface area contributed by atoms with Crippen LogP contribution >= 0.6 is 34.8 Å². The van der Waals surface area contributed by atoms with Gasteiger partial charge in [0, 0.05) is 38.5 Å². The number of hydrogen-bond acceptors (Lipinski definition) is 2. The van der Waals surface area contributed by atoms with E-state index in [1.54, 1.807) is 31.4 Å². The first-order valence-electron chi connectivity index (χ1n) is 10.4. The van der Waals surface area contributed by atoms with Crippen LogP contribution in [0.4, 0.5) is 0 Å². The van der Waals surface area contributed by atoms with Crippen molar-refractivity contribution < 1.29 is 9.53 Å². The van der Waals surface area contributed by atoms with Gasteiger partial charge in [-0.15, -0.1) is 0 Å². The predicted molar refractivity (Wildman–Crippen MR) is 139 cm³/mol. The van der Waals surface area contributed by atoms with Crippen LogP contribution in [0.5, 0.6) is 5.75 Å². The van der Waals surface area contributed by atoms with E-state index in [0.29, 0.717) is 32.9 Å². The molecule has 7 heteroatoms. The van der Waals surface area contributed by atoms with E-state index in [4.69, 9.17) is 45.3 Å². The Bertz CT molecular complexity index is 1570. The van der Waals surface area contributed by atoms with Crippen molar-refractivity contribution in [2.75, 3.05) is 7.11 Å².